The molecule has 0 aromatic rings. The van der Waals surface area contributed by atoms with Gasteiger partial charge in [-0.25, -0.2) is 0 Å². The summed E-state index contributed by atoms with van der Waals surface area (Å²) >= 11 is 0. The summed E-state index contributed by atoms with van der Waals surface area (Å²) in [6, 6.07) is 0. The molecular weight excluding hydrogens is 396 g/mol. The molecule has 0 aromatic carbocycles. The van der Waals surface area contributed by atoms with Gasteiger partial charge in [0.1, 0.15) is 0 Å². The van der Waals surface area contributed by atoms with Crippen LogP contribution in [0.4, 0.5) is 0 Å². The van der Waals surface area contributed by atoms with E-state index >= 15 is 0 Å². The van der Waals surface area contributed by atoms with Crippen molar-refractivity contribution in [3.8, 4) is 0 Å². The fourth-order valence-corrected chi connectivity index (χ4v) is 2.33. The van der Waals surface area contributed by atoms with Crippen LogP contribution < -0.4 is 5.32 Å². The predicted octanol–water partition coefficient (Wildman–Crippen LogP) is 2.96. The van der Waals surface area contributed by atoms with Gasteiger partial charge in [-0.15, -0.1) is 0 Å². The average molecular weight is 445 g/mol. The summed E-state index contributed by atoms with van der Waals surface area (Å²) in [6.07, 6.45) is 0. The van der Waals surface area contributed by atoms with Crippen molar-refractivity contribution in [2.45, 2.75) is 67.9 Å². The van der Waals surface area contributed by atoms with Gasteiger partial charge >= 0.3 is 0 Å². The Kier molecular flexibility index (Phi) is 13.9. The number of hydrogen-bond acceptors (Lipinski definition) is 7. The second-order valence-corrected chi connectivity index (χ2v) is 11.1. The minimum atomic E-state index is -0.428. The van der Waals surface area contributed by atoms with Crippen LogP contribution in [0.2, 0.25) is 0 Å². The van der Waals surface area contributed by atoms with Crippen LogP contribution in [-0.2, 0) is 23.8 Å². The zero-order chi connectivity index (χ0) is 24.1. The smallest absolute Gasteiger partial charge is 0.152 e. The Bertz CT molecular complexity index is 488. The van der Waals surface area contributed by atoms with Crippen LogP contribution >= 0.6 is 0 Å². The van der Waals surface area contributed by atoms with E-state index in [4.69, 9.17) is 14.2 Å². The Balaban J connectivity index is 4.04. The first-order chi connectivity index (χ1) is 14.1. The number of nitrogens with one attached hydrogen (secondary N) is 1. The van der Waals surface area contributed by atoms with Crippen LogP contribution in [-0.4, -0.2) is 87.8 Å². The summed E-state index contributed by atoms with van der Waals surface area (Å²) in [5, 5.41) is 3.36. The molecule has 0 atom stereocenters. The first kappa shape index (κ1) is 30.1. The van der Waals surface area contributed by atoms with Crippen molar-refractivity contribution in [1.29, 1.82) is 0 Å². The van der Waals surface area contributed by atoms with Crippen molar-refractivity contribution in [1.82, 2.24) is 10.2 Å². The van der Waals surface area contributed by atoms with Crippen LogP contribution in [0.1, 0.15) is 62.3 Å². The third-order valence-corrected chi connectivity index (χ3v) is 4.61. The van der Waals surface area contributed by atoms with Gasteiger partial charge in [0.2, 0.25) is 0 Å². The van der Waals surface area contributed by atoms with Crippen LogP contribution in [0.15, 0.2) is 0 Å². The maximum Gasteiger partial charge on any atom is 0.152 e. The molecule has 1 N–H and O–H groups in total. The second-order valence-electron chi connectivity index (χ2n) is 11.1. The molecule has 184 valence electrons. The van der Waals surface area contributed by atoms with E-state index in [1.807, 2.05) is 46.4 Å². The van der Waals surface area contributed by atoms with E-state index in [2.05, 4.69) is 26.1 Å². The SMILES string of the molecule is CC(C)(C)NCCOCCOCCOCCN(CC(=O)C(C)(C)C)CC(=O)C(C)(C)C. The summed E-state index contributed by atoms with van der Waals surface area (Å²) < 4.78 is 16.7. The lowest BCUT2D eigenvalue weighted by molar-refractivity contribution is -0.131. The lowest BCUT2D eigenvalue weighted by Gasteiger charge is -2.27. The Morgan fingerprint density at radius 3 is 1.42 bits per heavy atom. The molecule has 0 amide bonds. The molecule has 0 saturated heterocycles. The highest BCUT2D eigenvalue weighted by atomic mass is 16.5. The third-order valence-electron chi connectivity index (χ3n) is 4.61. The van der Waals surface area contributed by atoms with E-state index in [9.17, 15) is 9.59 Å². The lowest BCUT2D eigenvalue weighted by atomic mass is 9.89. The van der Waals surface area contributed by atoms with Gasteiger partial charge in [-0.05, 0) is 20.8 Å². The largest absolute Gasteiger partial charge is 0.378 e. The fourth-order valence-electron chi connectivity index (χ4n) is 2.33. The van der Waals surface area contributed by atoms with E-state index in [0.29, 0.717) is 46.2 Å². The normalized spacial score (nSPS) is 13.1. The van der Waals surface area contributed by atoms with E-state index < -0.39 is 10.8 Å². The summed E-state index contributed by atoms with van der Waals surface area (Å²) in [5.74, 6) is 0.241. The molecule has 0 aliphatic heterocycles. The van der Waals surface area contributed by atoms with Gasteiger partial charge in [0.15, 0.2) is 11.6 Å². The zero-order valence-corrected chi connectivity index (χ0v) is 21.6. The van der Waals surface area contributed by atoms with E-state index in [0.717, 1.165) is 6.54 Å². The van der Waals surface area contributed by atoms with Crippen LogP contribution in [0.5, 0.6) is 0 Å². The first-order valence-corrected chi connectivity index (χ1v) is 11.4. The average Bonchev–Trinajstić information content (AvgIpc) is 2.59. The number of Topliss-reactive ketones (excluding diaryl/α,β-unsaturated/α-hetero) is 2. The molecule has 0 rings (SSSR count). The molecule has 0 aromatic heterocycles. The van der Waals surface area contributed by atoms with Crippen LogP contribution in [0, 0.1) is 10.8 Å². The number of nitrogens with zero attached hydrogens (tertiary/aromatic N) is 1. The number of hydrogen-bond donors (Lipinski definition) is 1. The van der Waals surface area contributed by atoms with Gasteiger partial charge < -0.3 is 19.5 Å². The summed E-state index contributed by atoms with van der Waals surface area (Å²) in [5.41, 5.74) is -0.752. The van der Waals surface area contributed by atoms with Crippen molar-refractivity contribution in [2.24, 2.45) is 10.8 Å². The summed E-state index contributed by atoms with van der Waals surface area (Å²) in [4.78, 5) is 26.7. The van der Waals surface area contributed by atoms with E-state index in [1.165, 1.54) is 0 Å². The summed E-state index contributed by atoms with van der Waals surface area (Å²) in [6.45, 7) is 22.8. The van der Waals surface area contributed by atoms with Gasteiger partial charge in [0.25, 0.3) is 0 Å². The molecule has 7 nitrogen and oxygen atoms in total. The molecule has 0 radical (unpaired) electrons. The van der Waals surface area contributed by atoms with Gasteiger partial charge in [0.05, 0.1) is 52.7 Å². The van der Waals surface area contributed by atoms with Gasteiger partial charge in [-0.1, -0.05) is 41.5 Å². The fraction of sp³-hybridized carbons (Fsp3) is 0.917. The minimum Gasteiger partial charge on any atom is -0.378 e. The lowest BCUT2D eigenvalue weighted by Crippen LogP contribution is -2.43. The van der Waals surface area contributed by atoms with Gasteiger partial charge in [-0.3, -0.25) is 14.5 Å². The Morgan fingerprint density at radius 1 is 0.645 bits per heavy atom. The number of ketones is 2. The van der Waals surface area contributed by atoms with Crippen molar-refractivity contribution < 1.29 is 23.8 Å². The van der Waals surface area contributed by atoms with Crippen LogP contribution in [0.25, 0.3) is 0 Å². The Morgan fingerprint density at radius 2 is 1.03 bits per heavy atom. The van der Waals surface area contributed by atoms with Crippen molar-refractivity contribution in [2.75, 3.05) is 65.8 Å². The molecule has 0 bridgehead atoms. The summed E-state index contributed by atoms with van der Waals surface area (Å²) in [7, 11) is 0. The first-order valence-electron chi connectivity index (χ1n) is 11.4. The van der Waals surface area contributed by atoms with E-state index in [1.54, 1.807) is 0 Å². The molecule has 0 aliphatic carbocycles. The highest BCUT2D eigenvalue weighted by molar-refractivity contribution is 5.88. The molecule has 0 aliphatic rings. The molecular formula is C24H48N2O5. The monoisotopic (exact) mass is 444 g/mol. The molecule has 0 heterocycles. The molecule has 0 spiro atoms. The molecule has 31 heavy (non-hydrogen) atoms. The van der Waals surface area contributed by atoms with Crippen molar-refractivity contribution >= 4 is 11.6 Å². The number of rotatable bonds is 16. The second kappa shape index (κ2) is 14.3. The molecule has 7 heteroatoms. The number of ether oxygens (including phenoxy) is 3. The van der Waals surface area contributed by atoms with Gasteiger partial charge in [0, 0.05) is 29.5 Å². The molecule has 0 unspecified atom stereocenters. The quantitative estimate of drug-likeness (QED) is 0.367. The van der Waals surface area contributed by atoms with Crippen molar-refractivity contribution in [3.05, 3.63) is 0 Å². The third kappa shape index (κ3) is 17.4. The number of carbonyl (C=O) groups excluding carboxylic acids is 2. The molecule has 0 fully saturated rings. The van der Waals surface area contributed by atoms with Crippen LogP contribution in [0.3, 0.4) is 0 Å². The topological polar surface area (TPSA) is 77.1 Å². The highest BCUT2D eigenvalue weighted by Gasteiger charge is 2.27. The maximum atomic E-state index is 12.4. The van der Waals surface area contributed by atoms with Crippen molar-refractivity contribution in [3.63, 3.8) is 0 Å². The predicted molar refractivity (Wildman–Crippen MR) is 126 cm³/mol. The Labute approximate surface area is 190 Å². The highest BCUT2D eigenvalue weighted by Crippen LogP contribution is 2.18. The van der Waals surface area contributed by atoms with Gasteiger partial charge in [-0.2, -0.15) is 0 Å². The minimum absolute atomic E-state index is 0.104. The Hall–Kier alpha value is -0.860. The molecule has 0 saturated carbocycles. The standard InChI is InChI=1S/C24H48N2O5/c1-22(2,3)20(27)18-26(19-21(28)23(4,5)6)11-13-30-15-17-31-16-14-29-12-10-25-24(7,8)9/h25H,10-19H2,1-9H3. The van der Waals surface area contributed by atoms with E-state index in [-0.39, 0.29) is 30.2 Å². The zero-order valence-electron chi connectivity index (χ0n) is 21.6. The number of carbonyl (C=O) groups is 2. The maximum absolute atomic E-state index is 12.4.